The van der Waals surface area contributed by atoms with Gasteiger partial charge in [-0.3, -0.25) is 4.98 Å². The summed E-state index contributed by atoms with van der Waals surface area (Å²) in [5, 5.41) is 3.28. The molecule has 1 atom stereocenters. The van der Waals surface area contributed by atoms with E-state index < -0.39 is 15.8 Å². The first-order valence-electron chi connectivity index (χ1n) is 6.88. The molecule has 1 aromatic heterocycles. The molecule has 0 saturated carbocycles. The smallest absolute Gasteiger partial charge is 0.244 e. The first-order chi connectivity index (χ1) is 9.54. The first kappa shape index (κ1) is 15.3. The van der Waals surface area contributed by atoms with Crippen LogP contribution in [0.5, 0.6) is 0 Å². The van der Waals surface area contributed by atoms with Gasteiger partial charge in [0.2, 0.25) is 10.0 Å². The second kappa shape index (κ2) is 6.60. The van der Waals surface area contributed by atoms with Crippen LogP contribution in [0.1, 0.15) is 26.2 Å². The summed E-state index contributed by atoms with van der Waals surface area (Å²) in [4.78, 5) is 3.55. The zero-order chi connectivity index (χ0) is 14.6. The molecule has 1 aromatic rings. The van der Waals surface area contributed by atoms with Gasteiger partial charge in [0.15, 0.2) is 0 Å². The Hall–Kier alpha value is -1.05. The zero-order valence-electron chi connectivity index (χ0n) is 11.5. The lowest BCUT2D eigenvalue weighted by molar-refractivity contribution is 0.369. The summed E-state index contributed by atoms with van der Waals surface area (Å²) in [6.07, 6.45) is 4.95. The highest BCUT2D eigenvalue weighted by molar-refractivity contribution is 7.89. The number of nitrogens with zero attached hydrogens (tertiary/aromatic N) is 2. The molecule has 1 aliphatic heterocycles. The van der Waals surface area contributed by atoms with Crippen molar-refractivity contribution in [3.8, 4) is 0 Å². The third kappa shape index (κ3) is 3.53. The van der Waals surface area contributed by atoms with Crippen LogP contribution in [0.25, 0.3) is 0 Å². The Balaban J connectivity index is 2.21. The quantitative estimate of drug-likeness (QED) is 0.862. The van der Waals surface area contributed by atoms with Crippen LogP contribution in [-0.2, 0) is 10.0 Å². The van der Waals surface area contributed by atoms with Gasteiger partial charge in [-0.25, -0.2) is 12.8 Å². The van der Waals surface area contributed by atoms with Gasteiger partial charge >= 0.3 is 0 Å². The van der Waals surface area contributed by atoms with E-state index in [4.69, 9.17) is 0 Å². The highest BCUT2D eigenvalue weighted by Gasteiger charge is 2.28. The van der Waals surface area contributed by atoms with Crippen molar-refractivity contribution in [3.63, 3.8) is 0 Å². The molecule has 1 N–H and O–H groups in total. The molecule has 2 heterocycles. The Morgan fingerprint density at radius 1 is 1.50 bits per heavy atom. The van der Waals surface area contributed by atoms with E-state index in [0.717, 1.165) is 31.6 Å². The molecule has 0 amide bonds. The number of nitrogens with one attached hydrogen (secondary N) is 1. The molecule has 1 fully saturated rings. The van der Waals surface area contributed by atoms with Gasteiger partial charge in [0.25, 0.3) is 0 Å². The van der Waals surface area contributed by atoms with Crippen molar-refractivity contribution in [3.05, 3.63) is 24.3 Å². The third-order valence-corrected chi connectivity index (χ3v) is 5.21. The molecular formula is C13H20FN3O2S. The minimum Gasteiger partial charge on any atom is -0.313 e. The van der Waals surface area contributed by atoms with E-state index in [1.54, 1.807) is 0 Å². The van der Waals surface area contributed by atoms with Crippen molar-refractivity contribution in [2.75, 3.05) is 19.6 Å². The van der Waals surface area contributed by atoms with E-state index in [-0.39, 0.29) is 10.9 Å². The molecule has 0 spiro atoms. The summed E-state index contributed by atoms with van der Waals surface area (Å²) in [7, 11) is -3.68. The number of hydrogen-bond donors (Lipinski definition) is 1. The van der Waals surface area contributed by atoms with Gasteiger partial charge in [-0.05, 0) is 31.9 Å². The number of aromatic nitrogens is 1. The van der Waals surface area contributed by atoms with E-state index in [2.05, 4.69) is 10.3 Å². The summed E-state index contributed by atoms with van der Waals surface area (Å²) in [5.41, 5.74) is 0. The predicted octanol–water partition coefficient (Wildman–Crippen LogP) is 1.37. The van der Waals surface area contributed by atoms with E-state index in [1.807, 2.05) is 6.92 Å². The Morgan fingerprint density at radius 3 is 2.90 bits per heavy atom. The fraction of sp³-hybridized carbons (Fsp3) is 0.615. The molecule has 0 aromatic carbocycles. The Labute approximate surface area is 119 Å². The van der Waals surface area contributed by atoms with Gasteiger partial charge in [0, 0.05) is 25.3 Å². The van der Waals surface area contributed by atoms with Crippen molar-refractivity contribution >= 4 is 10.0 Å². The lowest BCUT2D eigenvalue weighted by Crippen LogP contribution is -2.41. The molecule has 1 aliphatic rings. The Bertz CT molecular complexity index is 544. The van der Waals surface area contributed by atoms with Gasteiger partial charge in [0.05, 0.1) is 6.20 Å². The van der Waals surface area contributed by atoms with Gasteiger partial charge in [-0.15, -0.1) is 0 Å². The molecular weight excluding hydrogens is 281 g/mol. The maximum atomic E-state index is 13.2. The molecule has 1 saturated heterocycles. The maximum absolute atomic E-state index is 13.2. The normalized spacial score (nSPS) is 19.6. The Morgan fingerprint density at radius 2 is 2.30 bits per heavy atom. The maximum Gasteiger partial charge on any atom is 0.244 e. The van der Waals surface area contributed by atoms with Crippen LogP contribution < -0.4 is 5.32 Å². The fourth-order valence-electron chi connectivity index (χ4n) is 2.40. The SMILES string of the molecule is CCCN(CC1CCCN1)S(=O)(=O)c1cncc(F)c1. The molecule has 112 valence electrons. The number of rotatable bonds is 6. The van der Waals surface area contributed by atoms with Crippen molar-refractivity contribution in [1.82, 2.24) is 14.6 Å². The predicted molar refractivity (Wildman–Crippen MR) is 74.3 cm³/mol. The van der Waals surface area contributed by atoms with Crippen molar-refractivity contribution in [2.45, 2.75) is 37.1 Å². The number of sulfonamides is 1. The van der Waals surface area contributed by atoms with Crippen LogP contribution >= 0.6 is 0 Å². The topological polar surface area (TPSA) is 62.3 Å². The summed E-state index contributed by atoms with van der Waals surface area (Å²) in [6.45, 7) is 3.70. The minimum atomic E-state index is -3.68. The molecule has 0 radical (unpaired) electrons. The standard InChI is InChI=1S/C13H20FN3O2S/c1-2-6-17(10-12-4-3-5-16-12)20(18,19)13-7-11(14)8-15-9-13/h7-9,12,16H,2-6,10H2,1H3. The van der Waals surface area contributed by atoms with E-state index in [9.17, 15) is 12.8 Å². The van der Waals surface area contributed by atoms with Crippen LogP contribution in [0.3, 0.4) is 0 Å². The molecule has 5 nitrogen and oxygen atoms in total. The van der Waals surface area contributed by atoms with Crippen LogP contribution in [0.4, 0.5) is 4.39 Å². The monoisotopic (exact) mass is 301 g/mol. The van der Waals surface area contributed by atoms with E-state index >= 15 is 0 Å². The zero-order valence-corrected chi connectivity index (χ0v) is 12.4. The van der Waals surface area contributed by atoms with Crippen molar-refractivity contribution in [2.24, 2.45) is 0 Å². The lowest BCUT2D eigenvalue weighted by Gasteiger charge is -2.24. The average molecular weight is 301 g/mol. The van der Waals surface area contributed by atoms with Gasteiger partial charge in [-0.2, -0.15) is 4.31 Å². The van der Waals surface area contributed by atoms with Gasteiger partial charge < -0.3 is 5.32 Å². The number of hydrogen-bond acceptors (Lipinski definition) is 4. The number of pyridine rings is 1. The molecule has 0 aliphatic carbocycles. The van der Waals surface area contributed by atoms with Gasteiger partial charge in [-0.1, -0.05) is 6.92 Å². The van der Waals surface area contributed by atoms with Gasteiger partial charge in [0.1, 0.15) is 10.7 Å². The van der Waals surface area contributed by atoms with Crippen LogP contribution in [0, 0.1) is 5.82 Å². The van der Waals surface area contributed by atoms with Crippen LogP contribution in [0.2, 0.25) is 0 Å². The first-order valence-corrected chi connectivity index (χ1v) is 8.32. The summed E-state index contributed by atoms with van der Waals surface area (Å²) in [6, 6.07) is 1.20. The summed E-state index contributed by atoms with van der Waals surface area (Å²) in [5.74, 6) is -0.637. The van der Waals surface area contributed by atoms with Crippen LogP contribution in [0.15, 0.2) is 23.4 Å². The summed E-state index contributed by atoms with van der Waals surface area (Å²) < 4.78 is 39.7. The van der Waals surface area contributed by atoms with Crippen LogP contribution in [-0.4, -0.2) is 43.4 Å². The minimum absolute atomic E-state index is 0.0797. The molecule has 0 bridgehead atoms. The average Bonchev–Trinajstić information content (AvgIpc) is 2.91. The van der Waals surface area contributed by atoms with Crippen molar-refractivity contribution < 1.29 is 12.8 Å². The largest absolute Gasteiger partial charge is 0.313 e. The number of halogens is 1. The van der Waals surface area contributed by atoms with E-state index in [1.165, 1.54) is 10.5 Å². The van der Waals surface area contributed by atoms with Crippen molar-refractivity contribution in [1.29, 1.82) is 0 Å². The summed E-state index contributed by atoms with van der Waals surface area (Å²) >= 11 is 0. The fourth-order valence-corrected chi connectivity index (χ4v) is 3.95. The lowest BCUT2D eigenvalue weighted by atomic mass is 10.2. The second-order valence-corrected chi connectivity index (χ2v) is 6.93. The molecule has 2 rings (SSSR count). The molecule has 20 heavy (non-hydrogen) atoms. The Kier molecular flexibility index (Phi) is 5.06. The third-order valence-electron chi connectivity index (χ3n) is 3.38. The second-order valence-electron chi connectivity index (χ2n) is 5.00. The highest BCUT2D eigenvalue weighted by atomic mass is 32.2. The molecule has 7 heteroatoms. The van der Waals surface area contributed by atoms with E-state index in [0.29, 0.717) is 19.5 Å². The highest BCUT2D eigenvalue weighted by Crippen LogP contribution is 2.18. The molecule has 1 unspecified atom stereocenters.